The average Bonchev–Trinajstić information content (AvgIpc) is 2.66. The molecule has 0 unspecified atom stereocenters. The topological polar surface area (TPSA) is 57.4 Å². The SMILES string of the molecule is N#Cc1ccccc1COc1ccc(Br)cc1/C=N\NC(F)(F)C(F)(F)C(F)(F)F. The number of hydrogen-bond acceptors (Lipinski definition) is 4. The van der Waals surface area contributed by atoms with Crippen LogP contribution in [0.5, 0.6) is 5.75 Å². The first-order valence-corrected chi connectivity index (χ1v) is 8.71. The van der Waals surface area contributed by atoms with Gasteiger partial charge in [-0.3, -0.25) is 0 Å². The molecule has 0 atom stereocenters. The molecule has 0 heterocycles. The molecular weight excluding hydrogens is 487 g/mol. The first kappa shape index (κ1) is 23.5. The molecule has 12 heteroatoms. The van der Waals surface area contributed by atoms with Crippen molar-refractivity contribution in [2.75, 3.05) is 0 Å². The fourth-order valence-corrected chi connectivity index (χ4v) is 2.47. The van der Waals surface area contributed by atoms with Crippen molar-refractivity contribution in [3.05, 3.63) is 63.6 Å². The molecule has 2 aromatic carbocycles. The molecule has 160 valence electrons. The van der Waals surface area contributed by atoms with Gasteiger partial charge >= 0.3 is 18.1 Å². The molecular formula is C18H11BrF7N3O. The number of benzene rings is 2. The van der Waals surface area contributed by atoms with Gasteiger partial charge in [-0.2, -0.15) is 41.1 Å². The van der Waals surface area contributed by atoms with E-state index in [1.165, 1.54) is 18.2 Å². The van der Waals surface area contributed by atoms with Gasteiger partial charge in [-0.15, -0.1) is 0 Å². The van der Waals surface area contributed by atoms with E-state index < -0.39 is 18.1 Å². The maximum atomic E-state index is 13.3. The summed E-state index contributed by atoms with van der Waals surface area (Å²) in [6, 6.07) is 6.98. The van der Waals surface area contributed by atoms with Crippen molar-refractivity contribution >= 4 is 22.1 Å². The van der Waals surface area contributed by atoms with Crippen molar-refractivity contribution in [2.24, 2.45) is 5.10 Å². The van der Waals surface area contributed by atoms with Crippen LogP contribution >= 0.6 is 15.9 Å². The Hall–Kier alpha value is -2.81. The molecule has 0 fully saturated rings. The zero-order chi connectivity index (χ0) is 22.6. The number of hydrogen-bond donors (Lipinski definition) is 1. The Morgan fingerprint density at radius 2 is 1.73 bits per heavy atom. The second-order valence-electron chi connectivity index (χ2n) is 5.76. The third kappa shape index (κ3) is 5.21. The van der Waals surface area contributed by atoms with E-state index in [1.54, 1.807) is 24.3 Å². The summed E-state index contributed by atoms with van der Waals surface area (Å²) in [6.07, 6.45) is -5.87. The molecule has 0 saturated heterocycles. The molecule has 1 N–H and O–H groups in total. The fraction of sp³-hybridized carbons (Fsp3) is 0.222. The van der Waals surface area contributed by atoms with Crippen LogP contribution in [-0.2, 0) is 6.61 Å². The molecule has 0 bridgehead atoms. The van der Waals surface area contributed by atoms with Crippen LogP contribution in [0.3, 0.4) is 0 Å². The van der Waals surface area contributed by atoms with Crippen molar-refractivity contribution in [2.45, 2.75) is 24.8 Å². The molecule has 0 aromatic heterocycles. The Morgan fingerprint density at radius 3 is 2.37 bits per heavy atom. The third-order valence-electron chi connectivity index (χ3n) is 3.65. The Bertz CT molecular complexity index is 971. The van der Waals surface area contributed by atoms with Gasteiger partial charge in [0.15, 0.2) is 0 Å². The van der Waals surface area contributed by atoms with Gasteiger partial charge in [-0.05, 0) is 24.3 Å². The maximum Gasteiger partial charge on any atom is 0.462 e. The first-order chi connectivity index (χ1) is 13.9. The Balaban J connectivity index is 2.20. The van der Waals surface area contributed by atoms with Crippen LogP contribution in [0.15, 0.2) is 52.0 Å². The lowest BCUT2D eigenvalue weighted by Crippen LogP contribution is -2.58. The summed E-state index contributed by atoms with van der Waals surface area (Å²) in [5, 5.41) is 11.9. The standard InChI is InChI=1S/C18H11BrF7N3O/c19-14-5-6-15(30-10-12-4-2-1-3-11(12)8-27)13(7-14)9-28-29-18(25,26)16(20,21)17(22,23)24/h1-7,9,29H,10H2/b28-9-. The van der Waals surface area contributed by atoms with Crippen LogP contribution in [0.4, 0.5) is 30.7 Å². The number of ether oxygens (including phenoxy) is 1. The molecule has 0 aliphatic heterocycles. The number of nitrogens with zero attached hydrogens (tertiary/aromatic N) is 2. The molecule has 0 radical (unpaired) electrons. The molecule has 0 aliphatic carbocycles. The summed E-state index contributed by atoms with van der Waals surface area (Å²) in [6.45, 7) is -0.0953. The van der Waals surface area contributed by atoms with E-state index in [1.807, 2.05) is 6.07 Å². The summed E-state index contributed by atoms with van der Waals surface area (Å²) < 4.78 is 94.7. The highest BCUT2D eigenvalue weighted by Crippen LogP contribution is 2.45. The number of hydrazone groups is 1. The van der Waals surface area contributed by atoms with Crippen molar-refractivity contribution in [1.29, 1.82) is 5.26 Å². The smallest absolute Gasteiger partial charge is 0.462 e. The van der Waals surface area contributed by atoms with Crippen molar-refractivity contribution in [3.8, 4) is 11.8 Å². The van der Waals surface area contributed by atoms with Gasteiger partial charge in [0.05, 0.1) is 17.8 Å². The summed E-state index contributed by atoms with van der Waals surface area (Å²) in [5.74, 6) is -6.28. The fourth-order valence-electron chi connectivity index (χ4n) is 2.09. The third-order valence-corrected chi connectivity index (χ3v) is 4.15. The molecule has 0 saturated carbocycles. The second-order valence-corrected chi connectivity index (χ2v) is 6.67. The second kappa shape index (κ2) is 8.91. The normalized spacial score (nSPS) is 12.6. The van der Waals surface area contributed by atoms with Gasteiger partial charge in [0.25, 0.3) is 0 Å². The zero-order valence-corrected chi connectivity index (χ0v) is 16.2. The maximum absolute atomic E-state index is 13.3. The van der Waals surface area contributed by atoms with E-state index in [9.17, 15) is 30.7 Å². The molecule has 0 amide bonds. The van der Waals surface area contributed by atoms with Gasteiger partial charge in [0, 0.05) is 15.6 Å². The molecule has 2 aromatic rings. The number of alkyl halides is 7. The first-order valence-electron chi connectivity index (χ1n) is 7.92. The number of rotatable bonds is 7. The number of nitrogens with one attached hydrogen (secondary N) is 1. The van der Waals surface area contributed by atoms with E-state index in [2.05, 4.69) is 21.0 Å². The van der Waals surface area contributed by atoms with Gasteiger partial charge in [-0.1, -0.05) is 34.1 Å². The van der Waals surface area contributed by atoms with Gasteiger partial charge in [-0.25, -0.2) is 5.43 Å². The largest absolute Gasteiger partial charge is 0.488 e. The quantitative estimate of drug-likeness (QED) is 0.234. The minimum atomic E-state index is -6.48. The summed E-state index contributed by atoms with van der Waals surface area (Å²) in [5.41, 5.74) is 1.39. The van der Waals surface area contributed by atoms with Crippen LogP contribution in [-0.4, -0.2) is 24.4 Å². The predicted octanol–water partition coefficient (Wildman–Crippen LogP) is 5.61. The van der Waals surface area contributed by atoms with Crippen molar-refractivity contribution < 1.29 is 35.5 Å². The van der Waals surface area contributed by atoms with Crippen LogP contribution < -0.4 is 10.2 Å². The number of nitriles is 1. The zero-order valence-electron chi connectivity index (χ0n) is 14.7. The summed E-state index contributed by atoms with van der Waals surface area (Å²) >= 11 is 3.11. The Morgan fingerprint density at radius 1 is 1.07 bits per heavy atom. The monoisotopic (exact) mass is 497 g/mol. The van der Waals surface area contributed by atoms with Crippen LogP contribution in [0.25, 0.3) is 0 Å². The minimum Gasteiger partial charge on any atom is -0.488 e. The summed E-state index contributed by atoms with van der Waals surface area (Å²) in [7, 11) is 0. The Kier molecular flexibility index (Phi) is 6.97. The molecule has 0 aliphatic rings. The molecule has 0 spiro atoms. The molecule has 30 heavy (non-hydrogen) atoms. The van der Waals surface area contributed by atoms with Crippen LogP contribution in [0, 0.1) is 11.3 Å². The van der Waals surface area contributed by atoms with Gasteiger partial charge < -0.3 is 4.74 Å². The Labute approximate surface area is 174 Å². The van der Waals surface area contributed by atoms with Crippen LogP contribution in [0.1, 0.15) is 16.7 Å². The van der Waals surface area contributed by atoms with Crippen LogP contribution in [0.2, 0.25) is 0 Å². The highest BCUT2D eigenvalue weighted by atomic mass is 79.9. The highest BCUT2D eigenvalue weighted by molar-refractivity contribution is 9.10. The lowest BCUT2D eigenvalue weighted by atomic mass is 10.1. The molecule has 2 rings (SSSR count). The minimum absolute atomic E-state index is 0.00237. The van der Waals surface area contributed by atoms with E-state index in [0.717, 1.165) is 0 Å². The van der Waals surface area contributed by atoms with Gasteiger partial charge in [0.1, 0.15) is 12.4 Å². The van der Waals surface area contributed by atoms with E-state index >= 15 is 0 Å². The lowest BCUT2D eigenvalue weighted by molar-refractivity contribution is -0.361. The lowest BCUT2D eigenvalue weighted by Gasteiger charge is -2.27. The van der Waals surface area contributed by atoms with E-state index in [-0.39, 0.29) is 17.9 Å². The predicted molar refractivity (Wildman–Crippen MR) is 96.3 cm³/mol. The highest BCUT2D eigenvalue weighted by Gasteiger charge is 2.73. The average molecular weight is 498 g/mol. The van der Waals surface area contributed by atoms with Crippen molar-refractivity contribution in [3.63, 3.8) is 0 Å². The van der Waals surface area contributed by atoms with E-state index in [0.29, 0.717) is 27.2 Å². The number of halogens is 8. The molecule has 4 nitrogen and oxygen atoms in total. The van der Waals surface area contributed by atoms with Gasteiger partial charge in [0.2, 0.25) is 0 Å². The van der Waals surface area contributed by atoms with Crippen molar-refractivity contribution in [1.82, 2.24) is 5.43 Å². The van der Waals surface area contributed by atoms with E-state index in [4.69, 9.17) is 10.00 Å². The summed E-state index contributed by atoms with van der Waals surface area (Å²) in [4.78, 5) is 0.